The first kappa shape index (κ1) is 20.0. The van der Waals surface area contributed by atoms with E-state index in [1.54, 1.807) is 0 Å². The lowest BCUT2D eigenvalue weighted by molar-refractivity contribution is -0.137. The highest BCUT2D eigenvalue weighted by Gasteiger charge is 2.35. The van der Waals surface area contributed by atoms with Crippen LogP contribution in [0.25, 0.3) is 0 Å². The van der Waals surface area contributed by atoms with E-state index < -0.39 is 28.7 Å². The molecule has 0 saturated heterocycles. The quantitative estimate of drug-likeness (QED) is 0.726. The number of carbonyl (C=O) groups is 3. The highest BCUT2D eigenvalue weighted by molar-refractivity contribution is 6.31. The molecule has 2 N–H and O–H groups in total. The van der Waals surface area contributed by atoms with Crippen LogP contribution in [0.1, 0.15) is 29.5 Å². The van der Waals surface area contributed by atoms with E-state index in [9.17, 15) is 27.6 Å². The molecule has 1 aromatic rings. The summed E-state index contributed by atoms with van der Waals surface area (Å²) in [7, 11) is 1.41. The van der Waals surface area contributed by atoms with Crippen LogP contribution in [-0.4, -0.2) is 36.2 Å². The molecule has 1 aliphatic heterocycles. The van der Waals surface area contributed by atoms with E-state index in [4.69, 9.17) is 11.6 Å². The van der Waals surface area contributed by atoms with Crippen LogP contribution in [0.15, 0.2) is 12.1 Å². The Balaban J connectivity index is 2.04. The number of fused-ring (bicyclic) bond motifs is 1. The van der Waals surface area contributed by atoms with Gasteiger partial charge in [0.15, 0.2) is 0 Å². The third-order valence-electron chi connectivity index (χ3n) is 4.15. The zero-order valence-corrected chi connectivity index (χ0v) is 14.6. The fourth-order valence-electron chi connectivity index (χ4n) is 2.79. The van der Waals surface area contributed by atoms with E-state index in [0.717, 1.165) is 6.07 Å². The molecule has 26 heavy (non-hydrogen) atoms. The molecule has 1 aliphatic rings. The minimum absolute atomic E-state index is 0.0349. The van der Waals surface area contributed by atoms with Crippen LogP contribution in [0.5, 0.6) is 0 Å². The average molecular weight is 392 g/mol. The Labute approximate surface area is 152 Å². The predicted octanol–water partition coefficient (Wildman–Crippen LogP) is 1.84. The number of hydrogen-bond acceptors (Lipinski definition) is 3. The number of likely N-dealkylation sites (N-methyl/N-ethyl adjacent to an activating group) is 1. The normalized spacial score (nSPS) is 14.6. The predicted molar refractivity (Wildman–Crippen MR) is 87.0 cm³/mol. The van der Waals surface area contributed by atoms with E-state index in [-0.39, 0.29) is 31.8 Å². The van der Waals surface area contributed by atoms with E-state index in [1.165, 1.54) is 18.0 Å². The maximum atomic E-state index is 12.9. The second-order valence-electron chi connectivity index (χ2n) is 5.84. The summed E-state index contributed by atoms with van der Waals surface area (Å²) in [6, 6.07) is 1.35. The fourth-order valence-corrected chi connectivity index (χ4v) is 3.08. The van der Waals surface area contributed by atoms with Gasteiger partial charge >= 0.3 is 6.18 Å². The number of benzene rings is 1. The van der Waals surface area contributed by atoms with Gasteiger partial charge in [-0.1, -0.05) is 11.6 Å². The van der Waals surface area contributed by atoms with Crippen molar-refractivity contribution in [1.29, 1.82) is 0 Å². The van der Waals surface area contributed by atoms with Crippen LogP contribution < -0.4 is 10.6 Å². The maximum Gasteiger partial charge on any atom is 0.417 e. The molecule has 142 valence electrons. The van der Waals surface area contributed by atoms with E-state index in [1.807, 2.05) is 0 Å². The van der Waals surface area contributed by atoms with Gasteiger partial charge in [0.25, 0.3) is 0 Å². The van der Waals surface area contributed by atoms with Gasteiger partial charge in [-0.3, -0.25) is 14.4 Å². The smallest absolute Gasteiger partial charge is 0.357 e. The Bertz CT molecular complexity index is 725. The second-order valence-corrected chi connectivity index (χ2v) is 6.25. The summed E-state index contributed by atoms with van der Waals surface area (Å²) >= 11 is 5.70. The van der Waals surface area contributed by atoms with Gasteiger partial charge in [-0.25, -0.2) is 0 Å². The Kier molecular flexibility index (Phi) is 6.12. The summed E-state index contributed by atoms with van der Waals surface area (Å²) in [4.78, 5) is 35.9. The van der Waals surface area contributed by atoms with Gasteiger partial charge in [0.05, 0.1) is 10.6 Å². The van der Waals surface area contributed by atoms with E-state index >= 15 is 0 Å². The number of rotatable bonds is 6. The van der Waals surface area contributed by atoms with Gasteiger partial charge in [-0.05, 0) is 29.7 Å². The summed E-state index contributed by atoms with van der Waals surface area (Å²) in [5.41, 5.74) is 0.0243. The zero-order valence-electron chi connectivity index (χ0n) is 13.8. The van der Waals surface area contributed by atoms with Gasteiger partial charge in [0.2, 0.25) is 18.2 Å². The Morgan fingerprint density at radius 1 is 1.31 bits per heavy atom. The molecule has 10 heteroatoms. The molecule has 0 aromatic heterocycles. The molecular weight excluding hydrogens is 375 g/mol. The molecular formula is C16H17ClF3N3O3. The van der Waals surface area contributed by atoms with Crippen molar-refractivity contribution in [3.63, 3.8) is 0 Å². The van der Waals surface area contributed by atoms with Gasteiger partial charge in [-0.15, -0.1) is 0 Å². The molecule has 1 heterocycles. The minimum atomic E-state index is -4.56. The van der Waals surface area contributed by atoms with Crippen molar-refractivity contribution in [2.75, 3.05) is 7.05 Å². The van der Waals surface area contributed by atoms with Crippen molar-refractivity contribution < 1.29 is 27.6 Å². The number of nitrogens with one attached hydrogen (secondary N) is 2. The van der Waals surface area contributed by atoms with Crippen molar-refractivity contribution in [3.8, 4) is 0 Å². The number of carbonyl (C=O) groups excluding carboxylic acids is 3. The number of halogens is 4. The molecule has 0 aliphatic carbocycles. The topological polar surface area (TPSA) is 78.5 Å². The van der Waals surface area contributed by atoms with Crippen LogP contribution in [-0.2, 0) is 33.6 Å². The van der Waals surface area contributed by atoms with E-state index in [0.29, 0.717) is 17.5 Å². The highest BCUT2D eigenvalue weighted by atomic mass is 35.5. The van der Waals surface area contributed by atoms with Crippen molar-refractivity contribution in [2.45, 2.75) is 38.1 Å². The Hall–Kier alpha value is -2.29. The molecule has 1 atom stereocenters. The molecule has 2 rings (SSSR count). The van der Waals surface area contributed by atoms with Gasteiger partial charge in [0.1, 0.15) is 6.04 Å². The fraction of sp³-hybridized carbons (Fsp3) is 0.438. The summed E-state index contributed by atoms with van der Waals surface area (Å²) in [5, 5.41) is 4.30. The molecule has 3 amide bonds. The SMILES string of the molecule is CNC(=O)C(CCC(=O)N1Cc2cc(Cl)c(C(F)(F)F)cc2C1)NC=O. The highest BCUT2D eigenvalue weighted by Crippen LogP contribution is 2.38. The monoisotopic (exact) mass is 391 g/mol. The summed E-state index contributed by atoms with van der Waals surface area (Å²) in [6.07, 6.45) is -4.15. The first-order chi connectivity index (χ1) is 12.2. The second kappa shape index (κ2) is 7.94. The van der Waals surface area contributed by atoms with Crippen molar-refractivity contribution in [3.05, 3.63) is 33.8 Å². The van der Waals surface area contributed by atoms with Crippen LogP contribution in [0.3, 0.4) is 0 Å². The number of nitrogens with zero attached hydrogens (tertiary/aromatic N) is 1. The first-order valence-electron chi connectivity index (χ1n) is 7.75. The first-order valence-corrected chi connectivity index (χ1v) is 8.12. The van der Waals surface area contributed by atoms with Crippen molar-refractivity contribution in [2.24, 2.45) is 0 Å². The summed E-state index contributed by atoms with van der Waals surface area (Å²) in [6.45, 7) is 0.192. The average Bonchev–Trinajstić information content (AvgIpc) is 2.98. The van der Waals surface area contributed by atoms with Crippen LogP contribution >= 0.6 is 11.6 Å². The lowest BCUT2D eigenvalue weighted by Gasteiger charge is -2.18. The summed E-state index contributed by atoms with van der Waals surface area (Å²) < 4.78 is 38.8. The Morgan fingerprint density at radius 2 is 1.92 bits per heavy atom. The van der Waals surface area contributed by atoms with Crippen LogP contribution in [0, 0.1) is 0 Å². The zero-order chi connectivity index (χ0) is 19.5. The molecule has 0 bridgehead atoms. The molecule has 6 nitrogen and oxygen atoms in total. The van der Waals surface area contributed by atoms with Gasteiger partial charge in [0, 0.05) is 26.6 Å². The third kappa shape index (κ3) is 4.46. The van der Waals surface area contributed by atoms with Crippen LogP contribution in [0.2, 0.25) is 5.02 Å². The third-order valence-corrected chi connectivity index (χ3v) is 4.46. The largest absolute Gasteiger partial charge is 0.417 e. The van der Waals surface area contributed by atoms with E-state index in [2.05, 4.69) is 10.6 Å². The Morgan fingerprint density at radius 3 is 2.46 bits per heavy atom. The number of hydrogen-bond donors (Lipinski definition) is 2. The molecule has 1 aromatic carbocycles. The minimum Gasteiger partial charge on any atom is -0.357 e. The molecule has 0 spiro atoms. The lowest BCUT2D eigenvalue weighted by Crippen LogP contribution is -2.43. The molecule has 1 unspecified atom stereocenters. The lowest BCUT2D eigenvalue weighted by atomic mass is 10.1. The van der Waals surface area contributed by atoms with Gasteiger partial charge < -0.3 is 15.5 Å². The summed E-state index contributed by atoms with van der Waals surface area (Å²) in [5.74, 6) is -0.760. The number of alkyl halides is 3. The number of amides is 3. The van der Waals surface area contributed by atoms with Gasteiger partial charge in [-0.2, -0.15) is 13.2 Å². The molecule has 0 fully saturated rings. The van der Waals surface area contributed by atoms with Crippen LogP contribution in [0.4, 0.5) is 13.2 Å². The molecule has 0 radical (unpaired) electrons. The van der Waals surface area contributed by atoms with Crippen molar-refractivity contribution >= 4 is 29.8 Å². The maximum absolute atomic E-state index is 12.9. The molecule has 0 saturated carbocycles. The standard InChI is InChI=1S/C16H17ClF3N3O3/c1-21-15(26)13(22-8-24)2-3-14(25)23-6-9-4-11(16(18,19)20)12(17)5-10(9)7-23/h4-5,8,13H,2-3,6-7H2,1H3,(H,21,26)(H,22,24). The van der Waals surface area contributed by atoms with Crippen molar-refractivity contribution in [1.82, 2.24) is 15.5 Å².